The molecule has 1 aliphatic rings. The van der Waals surface area contributed by atoms with Crippen LogP contribution in [-0.2, 0) is 30.5 Å². The highest BCUT2D eigenvalue weighted by atomic mass is 16.6. The molecule has 0 aromatic carbocycles. The molecular formula is C35H58N6O7. The van der Waals surface area contributed by atoms with Crippen LogP contribution in [0, 0.1) is 17.8 Å². The molecule has 5 amide bonds. The lowest BCUT2D eigenvalue weighted by molar-refractivity contribution is -0.143. The molecule has 0 bridgehead atoms. The molecule has 48 heavy (non-hydrogen) atoms. The van der Waals surface area contributed by atoms with Crippen LogP contribution >= 0.6 is 0 Å². The minimum atomic E-state index is -1.04. The number of alkyl carbamates (subject to hydrolysis) is 1. The number of carbonyl (C=O) groups is 5. The van der Waals surface area contributed by atoms with Gasteiger partial charge in [-0.05, 0) is 76.5 Å². The Morgan fingerprint density at radius 3 is 2.19 bits per heavy atom. The van der Waals surface area contributed by atoms with Gasteiger partial charge in [-0.25, -0.2) is 4.79 Å². The van der Waals surface area contributed by atoms with Crippen molar-refractivity contribution in [2.24, 2.45) is 17.8 Å². The molecule has 5 N–H and O–H groups in total. The molecule has 0 unspecified atom stereocenters. The van der Waals surface area contributed by atoms with Gasteiger partial charge in [0.15, 0.2) is 0 Å². The largest absolute Gasteiger partial charge is 0.444 e. The molecule has 0 aliphatic carbocycles. The van der Waals surface area contributed by atoms with Gasteiger partial charge in [-0.15, -0.1) is 0 Å². The second-order valence-corrected chi connectivity index (χ2v) is 14.5. The predicted octanol–water partition coefficient (Wildman–Crippen LogP) is 3.05. The van der Waals surface area contributed by atoms with E-state index in [0.29, 0.717) is 32.4 Å². The summed E-state index contributed by atoms with van der Waals surface area (Å²) in [7, 11) is 0. The molecule has 1 aliphatic heterocycles. The van der Waals surface area contributed by atoms with Crippen molar-refractivity contribution in [1.82, 2.24) is 31.2 Å². The second kappa shape index (κ2) is 18.7. The summed E-state index contributed by atoms with van der Waals surface area (Å²) in [5.74, 6) is -2.59. The lowest BCUT2D eigenvalue weighted by Gasteiger charge is -2.36. The Morgan fingerprint density at radius 2 is 1.60 bits per heavy atom. The third-order valence-electron chi connectivity index (χ3n) is 8.45. The van der Waals surface area contributed by atoms with Crippen molar-refractivity contribution >= 4 is 29.7 Å². The van der Waals surface area contributed by atoms with Crippen LogP contribution in [-0.4, -0.2) is 87.1 Å². The molecule has 0 saturated carbocycles. The van der Waals surface area contributed by atoms with Crippen LogP contribution < -0.4 is 21.3 Å². The van der Waals surface area contributed by atoms with Crippen molar-refractivity contribution in [3.63, 3.8) is 0 Å². The van der Waals surface area contributed by atoms with E-state index in [9.17, 15) is 29.1 Å². The Bertz CT molecular complexity index is 1220. The SMILES string of the molecule is CC(C)[C@H](NC(=O)[C@H](C)C[C@H](O)[C@@H]1CCCCCN(C(=O)[C@@H](NC(=O)OC(C)(C)C)C(C)C)[C@@H](C)C(=O)N1)C(=O)NCc1ccncc1. The number of ether oxygens (including phenoxy) is 1. The molecule has 0 radical (unpaired) electrons. The monoisotopic (exact) mass is 674 g/mol. The molecule has 1 aromatic rings. The average molecular weight is 675 g/mol. The first-order valence-corrected chi connectivity index (χ1v) is 17.2. The molecule has 13 nitrogen and oxygen atoms in total. The quantitative estimate of drug-likeness (QED) is 0.225. The zero-order valence-electron chi connectivity index (χ0n) is 30.2. The fraction of sp³-hybridized carbons (Fsp3) is 0.714. The number of rotatable bonds is 12. The van der Waals surface area contributed by atoms with E-state index in [-0.39, 0.29) is 36.0 Å². The van der Waals surface area contributed by atoms with E-state index in [1.807, 2.05) is 27.7 Å². The van der Waals surface area contributed by atoms with E-state index in [1.54, 1.807) is 59.1 Å². The fourth-order valence-electron chi connectivity index (χ4n) is 5.51. The first kappa shape index (κ1) is 40.4. The van der Waals surface area contributed by atoms with Crippen LogP contribution in [0.4, 0.5) is 4.79 Å². The van der Waals surface area contributed by atoms with Gasteiger partial charge in [0.25, 0.3) is 0 Å². The minimum absolute atomic E-state index is 0.0620. The van der Waals surface area contributed by atoms with Crippen molar-refractivity contribution < 1.29 is 33.8 Å². The van der Waals surface area contributed by atoms with Crippen LogP contribution in [0.3, 0.4) is 0 Å². The van der Waals surface area contributed by atoms with Gasteiger partial charge in [-0.3, -0.25) is 24.2 Å². The summed E-state index contributed by atoms with van der Waals surface area (Å²) in [6.45, 7) is 16.5. The molecular weight excluding hydrogens is 616 g/mol. The third kappa shape index (κ3) is 13.0. The van der Waals surface area contributed by atoms with E-state index in [2.05, 4.69) is 26.3 Å². The molecule has 2 heterocycles. The maximum atomic E-state index is 13.7. The summed E-state index contributed by atoms with van der Waals surface area (Å²) < 4.78 is 5.37. The molecule has 1 saturated heterocycles. The van der Waals surface area contributed by atoms with Gasteiger partial charge in [0.1, 0.15) is 23.7 Å². The van der Waals surface area contributed by atoms with Crippen molar-refractivity contribution in [2.75, 3.05) is 6.54 Å². The van der Waals surface area contributed by atoms with Crippen molar-refractivity contribution in [3.05, 3.63) is 30.1 Å². The molecule has 0 spiro atoms. The van der Waals surface area contributed by atoms with E-state index < -0.39 is 53.8 Å². The average Bonchev–Trinajstić information content (AvgIpc) is 3.00. The zero-order valence-corrected chi connectivity index (χ0v) is 30.2. The first-order chi connectivity index (χ1) is 22.4. The Morgan fingerprint density at radius 1 is 0.979 bits per heavy atom. The van der Waals surface area contributed by atoms with Crippen LogP contribution in [0.2, 0.25) is 0 Å². The van der Waals surface area contributed by atoms with Crippen molar-refractivity contribution in [3.8, 4) is 0 Å². The molecule has 1 aromatic heterocycles. The molecule has 6 atom stereocenters. The number of pyridine rings is 1. The maximum absolute atomic E-state index is 13.7. The summed E-state index contributed by atoms with van der Waals surface area (Å²) in [5.41, 5.74) is 0.147. The molecule has 1 fully saturated rings. The Kier molecular flexibility index (Phi) is 15.8. The number of nitrogens with one attached hydrogen (secondary N) is 4. The summed E-state index contributed by atoms with van der Waals surface area (Å²) in [4.78, 5) is 71.4. The van der Waals surface area contributed by atoms with Crippen molar-refractivity contribution in [2.45, 2.75) is 137 Å². The van der Waals surface area contributed by atoms with E-state index in [0.717, 1.165) is 12.0 Å². The number of amides is 5. The normalized spacial score (nSPS) is 20.2. The maximum Gasteiger partial charge on any atom is 0.408 e. The number of aliphatic hydroxyl groups is 1. The van der Waals surface area contributed by atoms with E-state index in [1.165, 1.54) is 4.90 Å². The smallest absolute Gasteiger partial charge is 0.408 e. The standard InChI is InChI=1S/C35H58N6O7/c1-21(2)28(32(45)37-20-25-14-16-36-17-15-25)39-30(43)23(5)19-27(42)26-13-11-10-12-18-41(24(6)31(44)38-26)33(46)29(22(3)4)40-34(47)48-35(7,8)9/h14-17,21-24,26-29,42H,10-13,18-20H2,1-9H3,(H,37,45)(H,38,44)(H,39,43)(H,40,47)/t23-,24+,26+,27+,28+,29+/m1/s1. The van der Waals surface area contributed by atoms with Gasteiger partial charge >= 0.3 is 6.09 Å². The van der Waals surface area contributed by atoms with E-state index >= 15 is 0 Å². The van der Waals surface area contributed by atoms with Crippen molar-refractivity contribution in [1.29, 1.82) is 0 Å². The highest BCUT2D eigenvalue weighted by Crippen LogP contribution is 2.19. The number of carbonyl (C=O) groups excluding carboxylic acids is 5. The summed E-state index contributed by atoms with van der Waals surface area (Å²) in [6.07, 6.45) is 4.18. The number of aliphatic hydroxyl groups excluding tert-OH is 1. The van der Waals surface area contributed by atoms with Gasteiger partial charge in [-0.1, -0.05) is 47.5 Å². The third-order valence-corrected chi connectivity index (χ3v) is 8.45. The predicted molar refractivity (Wildman–Crippen MR) is 182 cm³/mol. The van der Waals surface area contributed by atoms with Gasteiger partial charge in [0.2, 0.25) is 23.6 Å². The van der Waals surface area contributed by atoms with Crippen LogP contribution in [0.15, 0.2) is 24.5 Å². The Labute approximate surface area is 285 Å². The topological polar surface area (TPSA) is 179 Å². The second-order valence-electron chi connectivity index (χ2n) is 14.5. The van der Waals surface area contributed by atoms with Gasteiger partial charge < -0.3 is 36.0 Å². The van der Waals surface area contributed by atoms with Crippen LogP contribution in [0.25, 0.3) is 0 Å². The highest BCUT2D eigenvalue weighted by Gasteiger charge is 2.36. The number of aromatic nitrogens is 1. The van der Waals surface area contributed by atoms with Gasteiger partial charge in [0.05, 0.1) is 12.1 Å². The summed E-state index contributed by atoms with van der Waals surface area (Å²) in [6, 6.07) is 0.420. The zero-order chi connectivity index (χ0) is 36.2. The Hall–Kier alpha value is -3.74. The fourth-order valence-corrected chi connectivity index (χ4v) is 5.51. The van der Waals surface area contributed by atoms with Crippen LogP contribution in [0.1, 0.15) is 100.0 Å². The summed E-state index contributed by atoms with van der Waals surface area (Å²) >= 11 is 0. The van der Waals surface area contributed by atoms with Gasteiger partial charge in [0, 0.05) is 31.4 Å². The summed E-state index contributed by atoms with van der Waals surface area (Å²) in [5, 5.41) is 22.5. The molecule has 2 rings (SSSR count). The lowest BCUT2D eigenvalue weighted by Crippen LogP contribution is -2.59. The lowest BCUT2D eigenvalue weighted by atomic mass is 9.93. The minimum Gasteiger partial charge on any atom is -0.444 e. The highest BCUT2D eigenvalue weighted by molar-refractivity contribution is 5.91. The Balaban J connectivity index is 2.06. The first-order valence-electron chi connectivity index (χ1n) is 17.2. The molecule has 270 valence electrons. The number of nitrogens with zero attached hydrogens (tertiary/aromatic N) is 2. The van der Waals surface area contributed by atoms with Gasteiger partial charge in [-0.2, -0.15) is 0 Å². The number of hydrogen-bond donors (Lipinski definition) is 5. The van der Waals surface area contributed by atoms with Crippen LogP contribution in [0.5, 0.6) is 0 Å². The van der Waals surface area contributed by atoms with E-state index in [4.69, 9.17) is 4.74 Å². The molecule has 13 heteroatoms. The number of hydrogen-bond acceptors (Lipinski definition) is 8.